The Kier molecular flexibility index (Phi) is 2.17. The van der Waals surface area contributed by atoms with E-state index in [1.54, 1.807) is 0 Å². The van der Waals surface area contributed by atoms with E-state index in [2.05, 4.69) is 0 Å². The highest BCUT2D eigenvalue weighted by atomic mass is 19.1. The highest BCUT2D eigenvalue weighted by Crippen LogP contribution is 2.06. The van der Waals surface area contributed by atoms with E-state index < -0.39 is 11.8 Å². The molecule has 0 atom stereocenters. The number of aromatic carboxylic acids is 1. The van der Waals surface area contributed by atoms with Gasteiger partial charge in [-0.2, -0.15) is 0 Å². The maximum atomic E-state index is 12.9. The quantitative estimate of drug-likeness (QED) is 0.617. The third kappa shape index (κ3) is 1.47. The molecule has 0 spiro atoms. The number of benzene rings is 1. The normalized spacial score (nSPS) is 9.83. The monoisotopic (exact) mass is 164 g/mol. The van der Waals surface area contributed by atoms with Gasteiger partial charge in [-0.15, -0.1) is 0 Å². The minimum Gasteiger partial charge on any atom is -0.478 e. The van der Waals surface area contributed by atoms with E-state index >= 15 is 0 Å². The fourth-order valence-electron chi connectivity index (χ4n) is 0.824. The lowest BCUT2D eigenvalue weighted by Crippen LogP contribution is -2.13. The fraction of sp³-hybridized carbons (Fsp3) is 0.125. The van der Waals surface area contributed by atoms with Crippen LogP contribution in [0, 0.1) is 12.7 Å². The summed E-state index contributed by atoms with van der Waals surface area (Å²) < 4.78 is 12.9. The summed E-state index contributed by atoms with van der Waals surface area (Å²) in [5.74, 6) is -1.77. The lowest BCUT2D eigenvalue weighted by Gasteiger charge is -2.03. The van der Waals surface area contributed by atoms with Crippen molar-refractivity contribution in [1.82, 2.24) is 0 Å². The van der Waals surface area contributed by atoms with Crippen LogP contribution in [-0.4, -0.2) is 18.9 Å². The highest BCUT2D eigenvalue weighted by Gasteiger charge is 2.07. The summed E-state index contributed by atoms with van der Waals surface area (Å²) >= 11 is 0. The van der Waals surface area contributed by atoms with Crippen LogP contribution in [0.15, 0.2) is 12.1 Å². The molecule has 0 bridgehead atoms. The Morgan fingerprint density at radius 2 is 2.17 bits per heavy atom. The molecule has 0 saturated carbocycles. The Balaban J connectivity index is 3.31. The first-order valence-electron chi connectivity index (χ1n) is 3.31. The molecular weight excluding hydrogens is 158 g/mol. The van der Waals surface area contributed by atoms with Crippen LogP contribution in [0.2, 0.25) is 0 Å². The molecule has 2 nitrogen and oxygen atoms in total. The topological polar surface area (TPSA) is 37.3 Å². The first-order valence-corrected chi connectivity index (χ1v) is 3.31. The maximum absolute atomic E-state index is 12.9. The molecule has 1 aromatic carbocycles. The van der Waals surface area contributed by atoms with Gasteiger partial charge in [0.05, 0.1) is 5.56 Å². The number of hydrogen-bond donors (Lipinski definition) is 1. The van der Waals surface area contributed by atoms with E-state index in [9.17, 15) is 9.18 Å². The molecule has 1 N–H and O–H groups in total. The molecule has 0 aromatic heterocycles. The van der Waals surface area contributed by atoms with E-state index in [1.807, 2.05) is 0 Å². The maximum Gasteiger partial charge on any atom is 0.335 e. The van der Waals surface area contributed by atoms with Crippen LogP contribution in [0.1, 0.15) is 15.9 Å². The van der Waals surface area contributed by atoms with E-state index in [4.69, 9.17) is 13.0 Å². The van der Waals surface area contributed by atoms with E-state index in [0.717, 1.165) is 6.07 Å². The predicted molar refractivity (Wildman–Crippen MR) is 43.5 cm³/mol. The van der Waals surface area contributed by atoms with Crippen LogP contribution in [-0.2, 0) is 0 Å². The smallest absolute Gasteiger partial charge is 0.335 e. The largest absolute Gasteiger partial charge is 0.478 e. The standard InChI is InChI=1S/C8H6BFO2/c1-4-6(9)2-5(8(11)12)3-7(4)10/h2-3H,1H3,(H,11,12). The molecule has 0 aliphatic carbocycles. The average Bonchev–Trinajstić information content (AvgIpc) is 1.99. The Bertz CT molecular complexity index is 313. The van der Waals surface area contributed by atoms with Crippen molar-refractivity contribution in [2.45, 2.75) is 6.92 Å². The Morgan fingerprint density at radius 3 is 2.58 bits per heavy atom. The Morgan fingerprint density at radius 1 is 1.58 bits per heavy atom. The minimum atomic E-state index is -1.18. The second kappa shape index (κ2) is 2.97. The third-order valence-corrected chi connectivity index (χ3v) is 1.63. The lowest BCUT2D eigenvalue weighted by molar-refractivity contribution is 0.0696. The van der Waals surface area contributed by atoms with Crippen molar-refractivity contribution >= 4 is 19.3 Å². The molecule has 0 heterocycles. The number of halogens is 1. The number of carboxylic acids is 1. The molecule has 1 aromatic rings. The van der Waals surface area contributed by atoms with Crippen LogP contribution in [0.25, 0.3) is 0 Å². The van der Waals surface area contributed by atoms with Gasteiger partial charge in [0.1, 0.15) is 13.7 Å². The van der Waals surface area contributed by atoms with E-state index in [0.29, 0.717) is 0 Å². The van der Waals surface area contributed by atoms with Gasteiger partial charge < -0.3 is 5.11 Å². The van der Waals surface area contributed by atoms with Gasteiger partial charge in [-0.3, -0.25) is 0 Å². The van der Waals surface area contributed by atoms with E-state index in [1.165, 1.54) is 13.0 Å². The van der Waals surface area contributed by atoms with Crippen molar-refractivity contribution < 1.29 is 14.3 Å². The second-order valence-electron chi connectivity index (χ2n) is 2.48. The van der Waals surface area contributed by atoms with Crippen LogP contribution in [0.5, 0.6) is 0 Å². The van der Waals surface area contributed by atoms with Gasteiger partial charge in [0.25, 0.3) is 0 Å². The van der Waals surface area contributed by atoms with Crippen LogP contribution >= 0.6 is 0 Å². The van der Waals surface area contributed by atoms with Crippen molar-refractivity contribution in [2.75, 3.05) is 0 Å². The van der Waals surface area contributed by atoms with Crippen molar-refractivity contribution in [3.8, 4) is 0 Å². The molecule has 0 saturated heterocycles. The van der Waals surface area contributed by atoms with Gasteiger partial charge >= 0.3 is 5.97 Å². The zero-order valence-electron chi connectivity index (χ0n) is 6.47. The second-order valence-corrected chi connectivity index (χ2v) is 2.48. The first kappa shape index (κ1) is 8.78. The summed E-state index contributed by atoms with van der Waals surface area (Å²) in [6.07, 6.45) is 0. The SMILES string of the molecule is [B]c1cc(C(=O)O)cc(F)c1C. The summed E-state index contributed by atoms with van der Waals surface area (Å²) in [6, 6.07) is 2.19. The summed E-state index contributed by atoms with van der Waals surface area (Å²) in [5, 5.41) is 8.50. The van der Waals surface area contributed by atoms with Crippen molar-refractivity contribution in [2.24, 2.45) is 0 Å². The molecule has 0 unspecified atom stereocenters. The average molecular weight is 164 g/mol. The molecule has 0 fully saturated rings. The summed E-state index contributed by atoms with van der Waals surface area (Å²) in [4.78, 5) is 10.4. The van der Waals surface area contributed by atoms with Crippen LogP contribution in [0.3, 0.4) is 0 Å². The molecule has 60 valence electrons. The van der Waals surface area contributed by atoms with Gasteiger partial charge in [0, 0.05) is 0 Å². The molecule has 4 heteroatoms. The summed E-state index contributed by atoms with van der Waals surface area (Å²) in [7, 11) is 5.36. The molecular formula is C8H6BFO2. The molecule has 2 radical (unpaired) electrons. The molecule has 0 aliphatic rings. The van der Waals surface area contributed by atoms with Gasteiger partial charge in [-0.25, -0.2) is 9.18 Å². The minimum absolute atomic E-state index is 0.129. The van der Waals surface area contributed by atoms with Crippen LogP contribution < -0.4 is 5.46 Å². The molecule has 0 aliphatic heterocycles. The highest BCUT2D eigenvalue weighted by molar-refractivity contribution is 6.33. The van der Waals surface area contributed by atoms with Gasteiger partial charge in [-0.05, 0) is 18.6 Å². The van der Waals surface area contributed by atoms with Crippen LogP contribution in [0.4, 0.5) is 4.39 Å². The zero-order chi connectivity index (χ0) is 9.30. The fourth-order valence-corrected chi connectivity index (χ4v) is 0.824. The zero-order valence-corrected chi connectivity index (χ0v) is 6.47. The third-order valence-electron chi connectivity index (χ3n) is 1.63. The number of hydrogen-bond acceptors (Lipinski definition) is 1. The Labute approximate surface area is 70.4 Å². The van der Waals surface area contributed by atoms with Crippen molar-refractivity contribution in [1.29, 1.82) is 0 Å². The van der Waals surface area contributed by atoms with Crippen molar-refractivity contribution in [3.05, 3.63) is 29.1 Å². The number of carbonyl (C=O) groups is 1. The van der Waals surface area contributed by atoms with E-state index in [-0.39, 0.29) is 16.6 Å². The van der Waals surface area contributed by atoms with Crippen molar-refractivity contribution in [3.63, 3.8) is 0 Å². The summed E-state index contributed by atoms with van der Waals surface area (Å²) in [5.41, 5.74) is 0.308. The molecule has 12 heavy (non-hydrogen) atoms. The lowest BCUT2D eigenvalue weighted by atomic mass is 9.89. The predicted octanol–water partition coefficient (Wildman–Crippen LogP) is 0.626. The van der Waals surface area contributed by atoms with Gasteiger partial charge in [-0.1, -0.05) is 11.5 Å². The van der Waals surface area contributed by atoms with Gasteiger partial charge in [0.15, 0.2) is 0 Å². The first-order chi connectivity index (χ1) is 5.52. The number of rotatable bonds is 1. The number of carboxylic acid groups (broad SMARTS) is 1. The molecule has 1 rings (SSSR count). The Hall–Kier alpha value is -1.32. The molecule has 0 amide bonds. The summed E-state index contributed by atoms with van der Waals surface area (Å²) in [6.45, 7) is 1.50. The van der Waals surface area contributed by atoms with Gasteiger partial charge in [0.2, 0.25) is 0 Å².